The predicted molar refractivity (Wildman–Crippen MR) is 98.5 cm³/mol. The monoisotopic (exact) mass is 357 g/mol. The molecule has 2 rings (SSSR count). The molecule has 2 aromatic rings. The number of unbranched alkanes of at least 4 members (excludes halogenated alkanes) is 2. The molecule has 0 unspecified atom stereocenters. The predicted octanol–water partition coefficient (Wildman–Crippen LogP) is 3.11. The van der Waals surface area contributed by atoms with Gasteiger partial charge < -0.3 is 10.6 Å². The number of benzene rings is 1. The maximum absolute atomic E-state index is 13.6. The van der Waals surface area contributed by atoms with Gasteiger partial charge in [0.15, 0.2) is 0 Å². The molecular formula is C20H24FN3O2. The third-order valence-electron chi connectivity index (χ3n) is 3.96. The van der Waals surface area contributed by atoms with Crippen molar-refractivity contribution in [3.63, 3.8) is 0 Å². The van der Waals surface area contributed by atoms with Crippen LogP contribution in [0.25, 0.3) is 0 Å². The summed E-state index contributed by atoms with van der Waals surface area (Å²) in [5.74, 6) is -0.896. The van der Waals surface area contributed by atoms with Gasteiger partial charge in [-0.05, 0) is 36.6 Å². The summed E-state index contributed by atoms with van der Waals surface area (Å²) in [5, 5.41) is 5.53. The number of aromatic nitrogens is 1. The van der Waals surface area contributed by atoms with Crippen molar-refractivity contribution in [2.75, 3.05) is 13.1 Å². The molecule has 26 heavy (non-hydrogen) atoms. The van der Waals surface area contributed by atoms with Gasteiger partial charge in [0.1, 0.15) is 11.5 Å². The molecule has 0 atom stereocenters. The van der Waals surface area contributed by atoms with Crippen molar-refractivity contribution in [2.45, 2.75) is 32.6 Å². The van der Waals surface area contributed by atoms with Crippen molar-refractivity contribution in [3.8, 4) is 0 Å². The molecule has 0 spiro atoms. The molecule has 0 fully saturated rings. The third-order valence-corrected chi connectivity index (χ3v) is 3.96. The van der Waals surface area contributed by atoms with E-state index in [0.29, 0.717) is 24.1 Å². The highest BCUT2D eigenvalue weighted by Gasteiger charge is 2.11. The largest absolute Gasteiger partial charge is 0.352 e. The van der Waals surface area contributed by atoms with Gasteiger partial charge in [0.25, 0.3) is 11.8 Å². The number of rotatable bonds is 9. The molecule has 0 aliphatic heterocycles. The van der Waals surface area contributed by atoms with Gasteiger partial charge in [0, 0.05) is 24.8 Å². The van der Waals surface area contributed by atoms with Crippen LogP contribution < -0.4 is 10.6 Å². The van der Waals surface area contributed by atoms with Crippen molar-refractivity contribution in [2.24, 2.45) is 0 Å². The second kappa shape index (κ2) is 10.3. The number of amides is 2. The van der Waals surface area contributed by atoms with Crippen LogP contribution >= 0.6 is 0 Å². The first-order chi connectivity index (χ1) is 12.6. The van der Waals surface area contributed by atoms with E-state index < -0.39 is 0 Å². The summed E-state index contributed by atoms with van der Waals surface area (Å²) in [5.41, 5.74) is 1.11. The zero-order valence-electron chi connectivity index (χ0n) is 14.9. The molecule has 0 saturated heterocycles. The second-order valence-electron chi connectivity index (χ2n) is 5.99. The summed E-state index contributed by atoms with van der Waals surface area (Å²) in [6, 6.07) is 9.49. The number of hydrogen-bond donors (Lipinski definition) is 2. The van der Waals surface area contributed by atoms with E-state index in [-0.39, 0.29) is 29.9 Å². The molecule has 0 aliphatic carbocycles. The average Bonchev–Trinajstić information content (AvgIpc) is 2.66. The van der Waals surface area contributed by atoms with Crippen LogP contribution in [0.5, 0.6) is 0 Å². The molecule has 5 nitrogen and oxygen atoms in total. The average molecular weight is 357 g/mol. The Bertz CT molecular complexity index is 749. The van der Waals surface area contributed by atoms with Gasteiger partial charge in [0.05, 0.1) is 0 Å². The summed E-state index contributed by atoms with van der Waals surface area (Å²) >= 11 is 0. The molecule has 0 aliphatic rings. The molecule has 2 amide bonds. The Morgan fingerprint density at radius 3 is 2.58 bits per heavy atom. The van der Waals surface area contributed by atoms with Crippen LogP contribution in [-0.4, -0.2) is 29.9 Å². The number of carbonyl (C=O) groups is 2. The van der Waals surface area contributed by atoms with E-state index in [1.54, 1.807) is 24.3 Å². The number of nitrogens with zero attached hydrogens (tertiary/aromatic N) is 1. The highest BCUT2D eigenvalue weighted by molar-refractivity contribution is 5.98. The molecule has 1 aromatic carbocycles. The van der Waals surface area contributed by atoms with Crippen LogP contribution in [0.1, 0.15) is 52.6 Å². The van der Waals surface area contributed by atoms with Crippen LogP contribution in [0.15, 0.2) is 42.6 Å². The fourth-order valence-electron chi connectivity index (χ4n) is 2.48. The summed E-state index contributed by atoms with van der Waals surface area (Å²) in [7, 11) is 0. The van der Waals surface area contributed by atoms with E-state index in [1.165, 1.54) is 18.3 Å². The van der Waals surface area contributed by atoms with Crippen LogP contribution in [-0.2, 0) is 6.42 Å². The fraction of sp³-hybridized carbons (Fsp3) is 0.350. The lowest BCUT2D eigenvalue weighted by Crippen LogP contribution is -2.28. The Hall–Kier alpha value is -2.76. The van der Waals surface area contributed by atoms with Crippen molar-refractivity contribution in [1.82, 2.24) is 15.6 Å². The van der Waals surface area contributed by atoms with Crippen LogP contribution in [0.2, 0.25) is 0 Å². The van der Waals surface area contributed by atoms with Gasteiger partial charge >= 0.3 is 0 Å². The Morgan fingerprint density at radius 2 is 1.81 bits per heavy atom. The second-order valence-corrected chi connectivity index (χ2v) is 5.99. The van der Waals surface area contributed by atoms with Crippen molar-refractivity contribution in [3.05, 3.63) is 65.2 Å². The smallest absolute Gasteiger partial charge is 0.269 e. The minimum atomic E-state index is -0.387. The summed E-state index contributed by atoms with van der Waals surface area (Å²) in [6.07, 6.45) is 4.90. The Kier molecular flexibility index (Phi) is 7.74. The SMILES string of the molecule is CCCCCNC(=O)c1ccnc(C(=O)NCCc2ccccc2F)c1. The van der Waals surface area contributed by atoms with E-state index >= 15 is 0 Å². The molecule has 0 saturated carbocycles. The quantitative estimate of drug-likeness (QED) is 0.678. The maximum Gasteiger partial charge on any atom is 0.269 e. The molecule has 0 bridgehead atoms. The van der Waals surface area contributed by atoms with Gasteiger partial charge in [-0.1, -0.05) is 38.0 Å². The summed E-state index contributed by atoms with van der Waals surface area (Å²) in [4.78, 5) is 28.3. The van der Waals surface area contributed by atoms with Crippen molar-refractivity contribution >= 4 is 11.8 Å². The van der Waals surface area contributed by atoms with Gasteiger partial charge in [-0.25, -0.2) is 4.39 Å². The first-order valence-electron chi connectivity index (χ1n) is 8.87. The molecule has 0 radical (unpaired) electrons. The third kappa shape index (κ3) is 5.95. The normalized spacial score (nSPS) is 10.4. The number of halogens is 1. The van der Waals surface area contributed by atoms with Crippen molar-refractivity contribution < 1.29 is 14.0 Å². The van der Waals surface area contributed by atoms with E-state index in [4.69, 9.17) is 0 Å². The van der Waals surface area contributed by atoms with E-state index in [2.05, 4.69) is 22.5 Å². The minimum absolute atomic E-state index is 0.166. The van der Waals surface area contributed by atoms with Gasteiger partial charge in [0.2, 0.25) is 0 Å². The van der Waals surface area contributed by atoms with E-state index in [9.17, 15) is 14.0 Å². The van der Waals surface area contributed by atoms with E-state index in [1.807, 2.05) is 0 Å². The van der Waals surface area contributed by atoms with Gasteiger partial charge in [-0.15, -0.1) is 0 Å². The fourth-order valence-corrected chi connectivity index (χ4v) is 2.48. The molecule has 138 valence electrons. The molecule has 1 heterocycles. The highest BCUT2D eigenvalue weighted by atomic mass is 19.1. The van der Waals surface area contributed by atoms with Crippen LogP contribution in [0.4, 0.5) is 4.39 Å². The summed E-state index contributed by atoms with van der Waals surface area (Å²) in [6.45, 7) is 3.00. The van der Waals surface area contributed by atoms with Crippen LogP contribution in [0, 0.1) is 5.82 Å². The van der Waals surface area contributed by atoms with Crippen LogP contribution in [0.3, 0.4) is 0 Å². The molecule has 2 N–H and O–H groups in total. The molecular weight excluding hydrogens is 333 g/mol. The number of carbonyl (C=O) groups excluding carboxylic acids is 2. The zero-order valence-corrected chi connectivity index (χ0v) is 14.9. The van der Waals surface area contributed by atoms with E-state index in [0.717, 1.165) is 19.3 Å². The zero-order chi connectivity index (χ0) is 18.8. The first-order valence-corrected chi connectivity index (χ1v) is 8.87. The summed E-state index contributed by atoms with van der Waals surface area (Å²) < 4.78 is 13.6. The Labute approximate surface area is 153 Å². The lowest BCUT2D eigenvalue weighted by Gasteiger charge is -2.08. The lowest BCUT2D eigenvalue weighted by atomic mass is 10.1. The number of pyridine rings is 1. The van der Waals surface area contributed by atoms with Gasteiger partial charge in [-0.2, -0.15) is 0 Å². The highest BCUT2D eigenvalue weighted by Crippen LogP contribution is 2.07. The standard InChI is InChI=1S/C20H24FN3O2/c1-2-3-6-11-23-19(25)16-10-12-22-18(14-16)20(26)24-13-9-15-7-4-5-8-17(15)21/h4-5,7-8,10,12,14H,2-3,6,9,11,13H2,1H3,(H,23,25)(H,24,26). The minimum Gasteiger partial charge on any atom is -0.352 e. The Balaban J connectivity index is 1.87. The first kappa shape index (κ1) is 19.6. The maximum atomic E-state index is 13.6. The van der Waals surface area contributed by atoms with Crippen molar-refractivity contribution in [1.29, 1.82) is 0 Å². The number of nitrogens with one attached hydrogen (secondary N) is 2. The topological polar surface area (TPSA) is 71.1 Å². The number of hydrogen-bond acceptors (Lipinski definition) is 3. The molecule has 1 aromatic heterocycles. The van der Waals surface area contributed by atoms with Gasteiger partial charge in [-0.3, -0.25) is 14.6 Å². The lowest BCUT2D eigenvalue weighted by molar-refractivity contribution is 0.0949. The Morgan fingerprint density at radius 1 is 1.04 bits per heavy atom. The molecule has 6 heteroatoms.